The number of pyridine rings is 2. The van der Waals surface area contributed by atoms with Crippen molar-refractivity contribution in [2.24, 2.45) is 0 Å². The molecule has 2 heterocycles. The van der Waals surface area contributed by atoms with Crippen molar-refractivity contribution in [2.45, 2.75) is 20.4 Å². The molecule has 0 saturated heterocycles. The molecule has 0 aliphatic heterocycles. The summed E-state index contributed by atoms with van der Waals surface area (Å²) in [4.78, 5) is 31.0. The van der Waals surface area contributed by atoms with E-state index in [1.54, 1.807) is 36.5 Å². The Kier molecular flexibility index (Phi) is 6.00. The number of rotatable bonds is 6. The SMILES string of the molecule is CCOc1ccc(C(=O)c2cn(Cc3cccc(Br)n3)c3ccccc3c2=O)cc1C. The first kappa shape index (κ1) is 21.0. The van der Waals surface area contributed by atoms with Crippen molar-refractivity contribution in [3.05, 3.63) is 104 Å². The second-order valence-electron chi connectivity index (χ2n) is 7.21. The molecule has 0 aliphatic carbocycles. The fourth-order valence-electron chi connectivity index (χ4n) is 3.61. The zero-order chi connectivity index (χ0) is 22.0. The molecule has 0 bridgehead atoms. The van der Waals surface area contributed by atoms with Gasteiger partial charge in [0, 0.05) is 17.1 Å². The average Bonchev–Trinajstić information content (AvgIpc) is 2.77. The molecule has 6 heteroatoms. The van der Waals surface area contributed by atoms with E-state index in [1.807, 2.05) is 48.7 Å². The normalized spacial score (nSPS) is 10.9. The van der Waals surface area contributed by atoms with E-state index in [0.717, 1.165) is 27.1 Å². The fourth-order valence-corrected chi connectivity index (χ4v) is 3.99. The highest BCUT2D eigenvalue weighted by Gasteiger charge is 2.18. The van der Waals surface area contributed by atoms with Crippen LogP contribution in [0.15, 0.2) is 76.3 Å². The Bertz CT molecular complexity index is 1340. The van der Waals surface area contributed by atoms with Crippen molar-refractivity contribution >= 4 is 32.6 Å². The van der Waals surface area contributed by atoms with Crippen LogP contribution in [0.3, 0.4) is 0 Å². The number of aromatic nitrogens is 2. The summed E-state index contributed by atoms with van der Waals surface area (Å²) in [5.41, 5.74) is 2.75. The van der Waals surface area contributed by atoms with Gasteiger partial charge in [-0.15, -0.1) is 0 Å². The Balaban J connectivity index is 1.83. The van der Waals surface area contributed by atoms with Crippen LogP contribution in [0.2, 0.25) is 0 Å². The number of hydrogen-bond acceptors (Lipinski definition) is 4. The van der Waals surface area contributed by atoms with Gasteiger partial charge >= 0.3 is 0 Å². The topological polar surface area (TPSA) is 61.2 Å². The van der Waals surface area contributed by atoms with Gasteiger partial charge in [-0.2, -0.15) is 0 Å². The summed E-state index contributed by atoms with van der Waals surface area (Å²) >= 11 is 3.39. The lowest BCUT2D eigenvalue weighted by atomic mass is 10.0. The van der Waals surface area contributed by atoms with E-state index in [-0.39, 0.29) is 16.8 Å². The molecule has 0 N–H and O–H groups in total. The van der Waals surface area contributed by atoms with Crippen LogP contribution in [0.5, 0.6) is 5.75 Å². The number of halogens is 1. The lowest BCUT2D eigenvalue weighted by molar-refractivity contribution is 0.103. The van der Waals surface area contributed by atoms with Gasteiger partial charge < -0.3 is 9.30 Å². The van der Waals surface area contributed by atoms with Crippen molar-refractivity contribution in [1.29, 1.82) is 0 Å². The summed E-state index contributed by atoms with van der Waals surface area (Å²) in [6, 6.07) is 18.2. The van der Waals surface area contributed by atoms with Crippen LogP contribution < -0.4 is 10.2 Å². The number of hydrogen-bond donors (Lipinski definition) is 0. The highest BCUT2D eigenvalue weighted by molar-refractivity contribution is 9.10. The van der Waals surface area contributed by atoms with Crippen LogP contribution in [-0.4, -0.2) is 21.9 Å². The molecule has 4 rings (SSSR count). The molecule has 0 saturated carbocycles. The van der Waals surface area contributed by atoms with Crippen LogP contribution in [0.25, 0.3) is 10.9 Å². The molecule has 2 aromatic carbocycles. The summed E-state index contributed by atoms with van der Waals surface area (Å²) in [5, 5.41) is 0.506. The number of carbonyl (C=O) groups excluding carboxylic acids is 1. The van der Waals surface area contributed by atoms with Gasteiger partial charge in [0.2, 0.25) is 5.43 Å². The number of fused-ring (bicyclic) bond motifs is 1. The van der Waals surface area contributed by atoms with Gasteiger partial charge in [0.25, 0.3) is 0 Å². The van der Waals surface area contributed by atoms with Gasteiger partial charge in [-0.3, -0.25) is 9.59 Å². The maximum absolute atomic E-state index is 13.3. The van der Waals surface area contributed by atoms with Gasteiger partial charge in [-0.05, 0) is 77.8 Å². The highest BCUT2D eigenvalue weighted by Crippen LogP contribution is 2.22. The smallest absolute Gasteiger partial charge is 0.200 e. The van der Waals surface area contributed by atoms with Gasteiger partial charge in [-0.1, -0.05) is 18.2 Å². The Morgan fingerprint density at radius 1 is 1.10 bits per heavy atom. The molecule has 5 nitrogen and oxygen atoms in total. The third kappa shape index (κ3) is 4.30. The van der Waals surface area contributed by atoms with E-state index in [0.29, 0.717) is 24.1 Å². The summed E-state index contributed by atoms with van der Waals surface area (Å²) < 4.78 is 8.20. The standard InChI is InChI=1S/C25H21BrN2O3/c1-3-31-22-12-11-17(13-16(22)2)24(29)20-15-28(14-18-7-6-10-23(26)27-18)21-9-5-4-8-19(21)25(20)30/h4-13,15H,3,14H2,1-2H3. The van der Waals surface area contributed by atoms with Crippen LogP contribution >= 0.6 is 15.9 Å². The minimum absolute atomic E-state index is 0.136. The first-order valence-electron chi connectivity index (χ1n) is 9.99. The molecule has 0 aliphatic rings. The van der Waals surface area contributed by atoms with E-state index < -0.39 is 0 Å². The van der Waals surface area contributed by atoms with Crippen molar-refractivity contribution in [3.63, 3.8) is 0 Å². The Hall–Kier alpha value is -3.25. The number of ketones is 1. The number of aryl methyl sites for hydroxylation is 1. The van der Waals surface area contributed by atoms with Gasteiger partial charge in [0.1, 0.15) is 10.4 Å². The highest BCUT2D eigenvalue weighted by atomic mass is 79.9. The van der Waals surface area contributed by atoms with Crippen LogP contribution in [-0.2, 0) is 6.54 Å². The molecule has 2 aromatic heterocycles. The molecular formula is C25H21BrN2O3. The Morgan fingerprint density at radius 2 is 1.90 bits per heavy atom. The fraction of sp³-hybridized carbons (Fsp3) is 0.160. The summed E-state index contributed by atoms with van der Waals surface area (Å²) in [5.74, 6) is 0.425. The number of carbonyl (C=O) groups is 1. The van der Waals surface area contributed by atoms with E-state index >= 15 is 0 Å². The zero-order valence-corrected chi connectivity index (χ0v) is 18.8. The van der Waals surface area contributed by atoms with E-state index in [1.165, 1.54) is 0 Å². The van der Waals surface area contributed by atoms with E-state index in [2.05, 4.69) is 20.9 Å². The summed E-state index contributed by atoms with van der Waals surface area (Å²) in [6.45, 7) is 4.78. The molecule has 31 heavy (non-hydrogen) atoms. The molecule has 0 unspecified atom stereocenters. The predicted molar refractivity (Wildman–Crippen MR) is 125 cm³/mol. The Morgan fingerprint density at radius 3 is 2.65 bits per heavy atom. The van der Waals surface area contributed by atoms with Crippen molar-refractivity contribution in [1.82, 2.24) is 9.55 Å². The van der Waals surface area contributed by atoms with Crippen LogP contribution in [0.1, 0.15) is 34.1 Å². The number of para-hydroxylation sites is 1. The van der Waals surface area contributed by atoms with Crippen LogP contribution in [0.4, 0.5) is 0 Å². The number of benzene rings is 2. The summed E-state index contributed by atoms with van der Waals surface area (Å²) in [7, 11) is 0. The molecule has 0 spiro atoms. The molecule has 156 valence electrons. The molecule has 0 radical (unpaired) electrons. The van der Waals surface area contributed by atoms with E-state index in [4.69, 9.17) is 4.74 Å². The molecule has 0 amide bonds. The minimum Gasteiger partial charge on any atom is -0.494 e. The lowest BCUT2D eigenvalue weighted by Crippen LogP contribution is -2.20. The van der Waals surface area contributed by atoms with Crippen LogP contribution in [0, 0.1) is 6.92 Å². The first-order chi connectivity index (χ1) is 15.0. The molecular weight excluding hydrogens is 456 g/mol. The summed E-state index contributed by atoms with van der Waals surface area (Å²) in [6.07, 6.45) is 1.64. The van der Waals surface area contributed by atoms with Gasteiger partial charge in [0.05, 0.1) is 29.9 Å². The third-order valence-electron chi connectivity index (χ3n) is 5.07. The van der Waals surface area contributed by atoms with Crippen molar-refractivity contribution in [3.8, 4) is 5.75 Å². The number of nitrogens with zero attached hydrogens (tertiary/aromatic N) is 2. The third-order valence-corrected chi connectivity index (χ3v) is 5.52. The van der Waals surface area contributed by atoms with E-state index in [9.17, 15) is 9.59 Å². The van der Waals surface area contributed by atoms with Crippen molar-refractivity contribution in [2.75, 3.05) is 6.61 Å². The molecule has 0 fully saturated rings. The maximum atomic E-state index is 13.3. The first-order valence-corrected chi connectivity index (χ1v) is 10.8. The van der Waals surface area contributed by atoms with Crippen molar-refractivity contribution < 1.29 is 9.53 Å². The lowest BCUT2D eigenvalue weighted by Gasteiger charge is -2.14. The van der Waals surface area contributed by atoms with Gasteiger partial charge in [-0.25, -0.2) is 4.98 Å². The second-order valence-corrected chi connectivity index (χ2v) is 8.02. The second kappa shape index (κ2) is 8.86. The predicted octanol–water partition coefficient (Wildman–Crippen LogP) is 5.15. The average molecular weight is 477 g/mol. The quantitative estimate of drug-likeness (QED) is 0.285. The van der Waals surface area contributed by atoms with Gasteiger partial charge in [0.15, 0.2) is 5.78 Å². The zero-order valence-electron chi connectivity index (χ0n) is 17.3. The maximum Gasteiger partial charge on any atom is 0.200 e. The molecule has 4 aromatic rings. The monoisotopic (exact) mass is 476 g/mol. The number of ether oxygens (including phenoxy) is 1. The largest absolute Gasteiger partial charge is 0.494 e. The minimum atomic E-state index is -0.308. The molecule has 0 atom stereocenters. The Labute approximate surface area is 188 Å².